The molecule has 0 atom stereocenters. The number of aliphatic imine (C=N–C) groups is 1. The first-order valence-electron chi connectivity index (χ1n) is 10.0. The van der Waals surface area contributed by atoms with E-state index >= 15 is 0 Å². The first kappa shape index (κ1) is 23.7. The fraction of sp³-hybridized carbons (Fsp3) is 0.409. The van der Waals surface area contributed by atoms with Crippen LogP contribution in [0.4, 0.5) is 0 Å². The van der Waals surface area contributed by atoms with Crippen molar-refractivity contribution in [1.29, 1.82) is 0 Å². The minimum Gasteiger partial charge on any atom is -0.494 e. The number of hydrogen-bond acceptors (Lipinski definition) is 4. The quantitative estimate of drug-likeness (QED) is 0.487. The van der Waals surface area contributed by atoms with Crippen LogP contribution < -0.4 is 10.1 Å². The van der Waals surface area contributed by atoms with Crippen LogP contribution in [0.5, 0.6) is 5.75 Å². The summed E-state index contributed by atoms with van der Waals surface area (Å²) in [7, 11) is 1.50. The maximum absolute atomic E-state index is 12.6. The summed E-state index contributed by atoms with van der Waals surface area (Å²) >= 11 is 0. The van der Waals surface area contributed by atoms with E-state index in [0.29, 0.717) is 31.2 Å². The Balaban J connectivity index is 2.20. The summed E-state index contributed by atoms with van der Waals surface area (Å²) in [6.07, 6.45) is 0. The lowest BCUT2D eigenvalue weighted by Gasteiger charge is -2.22. The molecule has 0 heterocycles. The van der Waals surface area contributed by atoms with Crippen molar-refractivity contribution in [1.82, 2.24) is 14.5 Å². The molecule has 0 radical (unpaired) electrons. The average Bonchev–Trinajstić information content (AvgIpc) is 2.72. The van der Waals surface area contributed by atoms with Gasteiger partial charge < -0.3 is 15.0 Å². The fourth-order valence-electron chi connectivity index (χ4n) is 2.92. The zero-order chi connectivity index (χ0) is 22.1. The Hall–Kier alpha value is -2.58. The van der Waals surface area contributed by atoms with Crippen molar-refractivity contribution in [3.8, 4) is 5.75 Å². The van der Waals surface area contributed by atoms with Gasteiger partial charge in [-0.1, -0.05) is 30.3 Å². The Labute approximate surface area is 180 Å². The van der Waals surface area contributed by atoms with Crippen LogP contribution in [0, 0.1) is 0 Å². The Morgan fingerprint density at radius 1 is 1.03 bits per heavy atom. The third-order valence-electron chi connectivity index (χ3n) is 4.48. The van der Waals surface area contributed by atoms with Gasteiger partial charge in [-0.15, -0.1) is 0 Å². The van der Waals surface area contributed by atoms with Crippen molar-refractivity contribution in [2.75, 3.05) is 34.3 Å². The highest BCUT2D eigenvalue weighted by Crippen LogP contribution is 2.19. The number of benzene rings is 2. The molecule has 0 aromatic heterocycles. The number of rotatable bonds is 9. The molecule has 0 saturated heterocycles. The van der Waals surface area contributed by atoms with Crippen molar-refractivity contribution in [2.45, 2.75) is 31.8 Å². The van der Waals surface area contributed by atoms with Gasteiger partial charge in [0.05, 0.1) is 18.0 Å². The van der Waals surface area contributed by atoms with Crippen LogP contribution in [-0.4, -0.2) is 57.9 Å². The highest BCUT2D eigenvalue weighted by Gasteiger charge is 2.20. The summed E-state index contributed by atoms with van der Waals surface area (Å²) in [5, 5.41) is 3.28. The molecule has 0 fully saturated rings. The van der Waals surface area contributed by atoms with Crippen molar-refractivity contribution in [3.63, 3.8) is 0 Å². The van der Waals surface area contributed by atoms with Gasteiger partial charge in [-0.25, -0.2) is 17.7 Å². The van der Waals surface area contributed by atoms with Crippen LogP contribution in [-0.2, 0) is 23.1 Å². The number of nitrogens with one attached hydrogen (secondary N) is 1. The number of sulfonamides is 1. The molecular formula is C22H32N4O3S. The second-order valence-electron chi connectivity index (χ2n) is 7.00. The number of hydrogen-bond donors (Lipinski definition) is 1. The molecule has 0 aliphatic carbocycles. The number of guanidine groups is 1. The summed E-state index contributed by atoms with van der Waals surface area (Å²) < 4.78 is 31.9. The molecule has 0 unspecified atom stereocenters. The van der Waals surface area contributed by atoms with E-state index < -0.39 is 10.0 Å². The van der Waals surface area contributed by atoms with E-state index in [9.17, 15) is 8.42 Å². The zero-order valence-corrected chi connectivity index (χ0v) is 19.2. The third kappa shape index (κ3) is 6.21. The molecule has 164 valence electrons. The summed E-state index contributed by atoms with van der Waals surface area (Å²) in [5.74, 6) is 1.56. The standard InChI is InChI=1S/C22H32N4O3S/c1-6-23-22(26(5)17-18-12-14-20(15-13-18)29-7-2)24-16-19-10-8-9-11-21(19)30(27,28)25(3)4/h8-15H,6-7,16-17H2,1-5H3,(H,23,24). The van der Waals surface area contributed by atoms with Crippen molar-refractivity contribution < 1.29 is 13.2 Å². The minimum atomic E-state index is -3.53. The molecule has 2 aromatic rings. The smallest absolute Gasteiger partial charge is 0.242 e. The Kier molecular flexibility index (Phi) is 8.68. The largest absolute Gasteiger partial charge is 0.494 e. The molecule has 1 N–H and O–H groups in total. The van der Waals surface area contributed by atoms with Gasteiger partial charge in [-0.2, -0.15) is 0 Å². The van der Waals surface area contributed by atoms with Crippen molar-refractivity contribution >= 4 is 16.0 Å². The second-order valence-corrected chi connectivity index (χ2v) is 9.12. The normalized spacial score (nSPS) is 12.1. The average molecular weight is 433 g/mol. The van der Waals surface area contributed by atoms with Gasteiger partial charge in [0, 0.05) is 34.2 Å². The lowest BCUT2D eigenvalue weighted by Crippen LogP contribution is -2.38. The van der Waals surface area contributed by atoms with E-state index in [1.165, 1.54) is 18.4 Å². The fourth-order valence-corrected chi connectivity index (χ4v) is 4.03. The Morgan fingerprint density at radius 2 is 1.70 bits per heavy atom. The van der Waals surface area contributed by atoms with E-state index in [1.54, 1.807) is 18.2 Å². The Bertz CT molecular complexity index is 941. The molecule has 2 rings (SSSR count). The highest BCUT2D eigenvalue weighted by molar-refractivity contribution is 7.89. The van der Waals surface area contributed by atoms with Gasteiger partial charge >= 0.3 is 0 Å². The molecule has 8 heteroatoms. The summed E-state index contributed by atoms with van der Waals surface area (Å²) in [6, 6.07) is 15.0. The highest BCUT2D eigenvalue weighted by atomic mass is 32.2. The molecule has 2 aromatic carbocycles. The van der Waals surface area contributed by atoms with Crippen molar-refractivity contribution in [3.05, 3.63) is 59.7 Å². The molecule has 30 heavy (non-hydrogen) atoms. The van der Waals surface area contributed by atoms with Crippen LogP contribution in [0.2, 0.25) is 0 Å². The third-order valence-corrected chi connectivity index (χ3v) is 6.40. The molecule has 0 amide bonds. The topological polar surface area (TPSA) is 74.2 Å². The van der Waals surface area contributed by atoms with Crippen LogP contribution in [0.25, 0.3) is 0 Å². The van der Waals surface area contributed by atoms with Gasteiger partial charge in [0.15, 0.2) is 5.96 Å². The van der Waals surface area contributed by atoms with Crippen LogP contribution >= 0.6 is 0 Å². The van der Waals surface area contributed by atoms with Crippen LogP contribution in [0.3, 0.4) is 0 Å². The van der Waals surface area contributed by atoms with Gasteiger partial charge in [0.25, 0.3) is 0 Å². The number of ether oxygens (including phenoxy) is 1. The summed E-state index contributed by atoms with van der Waals surface area (Å²) in [4.78, 5) is 6.98. The lowest BCUT2D eigenvalue weighted by atomic mass is 10.2. The SMILES string of the molecule is CCNC(=NCc1ccccc1S(=O)(=O)N(C)C)N(C)Cc1ccc(OCC)cc1. The van der Waals surface area contributed by atoms with Crippen molar-refractivity contribution in [2.24, 2.45) is 4.99 Å². The monoisotopic (exact) mass is 432 g/mol. The lowest BCUT2D eigenvalue weighted by molar-refractivity contribution is 0.340. The van der Waals surface area contributed by atoms with E-state index in [0.717, 1.165) is 11.3 Å². The predicted molar refractivity (Wildman–Crippen MR) is 121 cm³/mol. The molecule has 7 nitrogen and oxygen atoms in total. The van der Waals surface area contributed by atoms with Gasteiger partial charge in [0.2, 0.25) is 10.0 Å². The Morgan fingerprint density at radius 3 is 2.30 bits per heavy atom. The minimum absolute atomic E-state index is 0.263. The van der Waals surface area contributed by atoms with E-state index in [2.05, 4.69) is 10.3 Å². The van der Waals surface area contributed by atoms with E-state index in [1.807, 2.05) is 56.1 Å². The number of nitrogens with zero attached hydrogens (tertiary/aromatic N) is 3. The first-order valence-corrected chi connectivity index (χ1v) is 11.4. The molecule has 0 bridgehead atoms. The van der Waals surface area contributed by atoms with E-state index in [-0.39, 0.29) is 11.4 Å². The summed E-state index contributed by atoms with van der Waals surface area (Å²) in [6.45, 7) is 6.24. The van der Waals surface area contributed by atoms with Crippen LogP contribution in [0.1, 0.15) is 25.0 Å². The molecule has 0 saturated carbocycles. The molecular weight excluding hydrogens is 400 g/mol. The predicted octanol–water partition coefficient (Wildman–Crippen LogP) is 2.93. The molecule has 0 spiro atoms. The summed E-state index contributed by atoms with van der Waals surface area (Å²) in [5.41, 5.74) is 1.79. The maximum Gasteiger partial charge on any atom is 0.242 e. The molecule has 0 aliphatic heterocycles. The van der Waals surface area contributed by atoms with Gasteiger partial charge in [-0.3, -0.25) is 0 Å². The zero-order valence-electron chi connectivity index (χ0n) is 18.4. The van der Waals surface area contributed by atoms with Crippen LogP contribution in [0.15, 0.2) is 58.4 Å². The second kappa shape index (κ2) is 11.0. The first-order chi connectivity index (χ1) is 14.3. The molecule has 0 aliphatic rings. The maximum atomic E-state index is 12.6. The van der Waals surface area contributed by atoms with E-state index in [4.69, 9.17) is 4.74 Å². The van der Waals surface area contributed by atoms with Gasteiger partial charge in [-0.05, 0) is 43.2 Å². The van der Waals surface area contributed by atoms with Gasteiger partial charge in [0.1, 0.15) is 5.75 Å².